The molecule has 0 N–H and O–H groups in total. The predicted octanol–water partition coefficient (Wildman–Crippen LogP) is 6.64. The molecular formula is C14F19IO4. The first kappa shape index (κ1) is 33.6. The van der Waals surface area contributed by atoms with Crippen LogP contribution >= 0.6 is 20.6 Å². The van der Waals surface area contributed by atoms with Crippen LogP contribution in [0.1, 0.15) is 0 Å². The average Bonchev–Trinajstić information content (AvgIpc) is 2.74. The average molecular weight is 720 g/mol. The van der Waals surface area contributed by atoms with Crippen LogP contribution in [0.15, 0.2) is 0 Å². The van der Waals surface area contributed by atoms with E-state index in [1.165, 1.54) is 0 Å². The Morgan fingerprint density at radius 2 is 0.711 bits per heavy atom. The van der Waals surface area contributed by atoms with E-state index in [1.54, 1.807) is 0 Å². The number of carbonyl (C=O) groups is 2. The summed E-state index contributed by atoms with van der Waals surface area (Å²) in [5, 5.41) is 0. The van der Waals surface area contributed by atoms with Gasteiger partial charge in [0.25, 0.3) is 0 Å². The number of carbonyl (C=O) groups excluding carboxylic acids is 2. The molecule has 24 heteroatoms. The van der Waals surface area contributed by atoms with E-state index in [0.29, 0.717) is 0 Å². The maximum atomic E-state index is 13.9. The van der Waals surface area contributed by atoms with Crippen molar-refractivity contribution in [1.82, 2.24) is 0 Å². The second kappa shape index (κ2) is 9.95. The molecule has 0 atom stereocenters. The summed E-state index contributed by atoms with van der Waals surface area (Å²) in [7, 11) is 0. The van der Waals surface area contributed by atoms with Gasteiger partial charge in [0.15, 0.2) is 0 Å². The summed E-state index contributed by atoms with van der Waals surface area (Å²) >= 11 is -7.01. The summed E-state index contributed by atoms with van der Waals surface area (Å²) < 4.78 is 249. The molecule has 38 heavy (non-hydrogen) atoms. The molecule has 0 heterocycles. The zero-order chi connectivity index (χ0) is 30.6. The van der Waals surface area contributed by atoms with Crippen LogP contribution in [0, 0.1) is 32.7 Å². The summed E-state index contributed by atoms with van der Waals surface area (Å²) in [5.41, 5.74) is 0. The van der Waals surface area contributed by atoms with Gasteiger partial charge in [0.05, 0.1) is 0 Å². The number of hydrogen-bond acceptors (Lipinski definition) is 4. The van der Waals surface area contributed by atoms with Crippen LogP contribution in [0.25, 0.3) is 0 Å². The molecule has 0 saturated heterocycles. The Morgan fingerprint density at radius 1 is 0.474 bits per heavy atom. The molecule has 0 radical (unpaired) electrons. The molecule has 0 unspecified atom stereocenters. The topological polar surface area (TPSA) is 52.6 Å². The number of hydrogen-bond donors (Lipinski definition) is 0. The van der Waals surface area contributed by atoms with E-state index in [2.05, 4.69) is 6.13 Å². The molecule has 0 aliphatic heterocycles. The fraction of sp³-hybridized carbons (Fsp3) is 0.429. The van der Waals surface area contributed by atoms with Crippen molar-refractivity contribution in [3.63, 3.8) is 0 Å². The Morgan fingerprint density at radius 3 is 0.947 bits per heavy atom. The van der Waals surface area contributed by atoms with Gasteiger partial charge in [-0.25, -0.2) is 0 Å². The van der Waals surface area contributed by atoms with Gasteiger partial charge in [-0.05, 0) is 0 Å². The normalized spacial score (nSPS) is 14.3. The molecule has 1 rings (SSSR count). The molecule has 0 amide bonds. The SMILES string of the molecule is O=C(OI(OC(=O)C(F)(F)C(F)(F)C(F)(F)F)c1c(F)c(F)c(F)c(F)c1F)C(F)(F)C(F)(F)C(F)(F)F. The number of rotatable bonds is 7. The number of alkyl halides is 14. The van der Waals surface area contributed by atoms with Crippen LogP contribution in [0.4, 0.5) is 83.4 Å². The zero-order valence-corrected chi connectivity index (χ0v) is 18.3. The molecular weight excluding hydrogens is 720 g/mol. The van der Waals surface area contributed by atoms with Gasteiger partial charge in [0, 0.05) is 0 Å². The molecule has 0 aliphatic carbocycles. The van der Waals surface area contributed by atoms with Crippen molar-refractivity contribution >= 4 is 32.6 Å². The fourth-order valence-corrected chi connectivity index (χ4v) is 4.70. The Bertz CT molecular complexity index is 1030. The molecule has 1 aromatic rings. The Balaban J connectivity index is 3.79. The van der Waals surface area contributed by atoms with Crippen LogP contribution < -0.4 is 0 Å². The minimum atomic E-state index is -7.52. The third kappa shape index (κ3) is 5.35. The molecule has 1 aromatic carbocycles. The molecule has 0 aromatic heterocycles. The first-order valence-corrected chi connectivity index (χ1v) is 10.7. The van der Waals surface area contributed by atoms with Gasteiger partial charge in [0.1, 0.15) is 0 Å². The summed E-state index contributed by atoms with van der Waals surface area (Å²) in [5.74, 6) is -55.2. The van der Waals surface area contributed by atoms with Crippen LogP contribution in [0.2, 0.25) is 0 Å². The third-order valence-electron chi connectivity index (χ3n) is 3.60. The first-order chi connectivity index (χ1) is 16.6. The predicted molar refractivity (Wildman–Crippen MR) is 83.0 cm³/mol. The van der Waals surface area contributed by atoms with Crippen molar-refractivity contribution in [2.24, 2.45) is 0 Å². The van der Waals surface area contributed by atoms with Crippen LogP contribution in [-0.2, 0) is 15.7 Å². The maximum absolute atomic E-state index is 13.9. The molecule has 0 fully saturated rings. The molecule has 0 bridgehead atoms. The molecule has 4 nitrogen and oxygen atoms in total. The molecule has 0 saturated carbocycles. The number of halogens is 20. The van der Waals surface area contributed by atoms with Crippen molar-refractivity contribution in [3.8, 4) is 0 Å². The van der Waals surface area contributed by atoms with Crippen molar-refractivity contribution in [1.29, 1.82) is 0 Å². The zero-order valence-electron chi connectivity index (χ0n) is 16.2. The van der Waals surface area contributed by atoms with Gasteiger partial charge in [-0.3, -0.25) is 0 Å². The summed E-state index contributed by atoms with van der Waals surface area (Å²) in [6.07, 6.45) is -14.8. The van der Waals surface area contributed by atoms with Gasteiger partial charge < -0.3 is 0 Å². The van der Waals surface area contributed by atoms with Gasteiger partial charge in [-0.15, -0.1) is 0 Å². The first-order valence-electron chi connectivity index (χ1n) is 7.90. The van der Waals surface area contributed by atoms with E-state index >= 15 is 0 Å². The van der Waals surface area contributed by atoms with E-state index in [4.69, 9.17) is 0 Å². The van der Waals surface area contributed by atoms with Gasteiger partial charge in [-0.2, -0.15) is 0 Å². The third-order valence-corrected chi connectivity index (χ3v) is 7.03. The van der Waals surface area contributed by atoms with Gasteiger partial charge >= 0.3 is 200 Å². The van der Waals surface area contributed by atoms with E-state index in [0.717, 1.165) is 0 Å². The van der Waals surface area contributed by atoms with Crippen molar-refractivity contribution in [3.05, 3.63) is 32.7 Å². The van der Waals surface area contributed by atoms with E-state index in [-0.39, 0.29) is 0 Å². The van der Waals surface area contributed by atoms with E-state index in [9.17, 15) is 93.0 Å². The van der Waals surface area contributed by atoms with Crippen molar-refractivity contribution < 1.29 is 99.1 Å². The monoisotopic (exact) mass is 720 g/mol. The Kier molecular flexibility index (Phi) is 8.79. The quantitative estimate of drug-likeness (QED) is 0.137. The number of benzene rings is 1. The summed E-state index contributed by atoms with van der Waals surface area (Å²) in [6, 6.07) is 0. The van der Waals surface area contributed by atoms with Gasteiger partial charge in [-0.1, -0.05) is 0 Å². The summed E-state index contributed by atoms with van der Waals surface area (Å²) in [6.45, 7) is 0. The van der Waals surface area contributed by atoms with E-state index in [1.807, 2.05) is 0 Å². The van der Waals surface area contributed by atoms with Gasteiger partial charge in [0.2, 0.25) is 0 Å². The second-order valence-electron chi connectivity index (χ2n) is 6.12. The standard InChI is InChI=1S/C14F19IO4/c15-1-2(16)4(18)6(5(19)3(1)17)34(37-7(35)9(20,21)11(24,25)13(28,29)30)38-8(36)10(22,23)12(26,27)14(31,32)33. The second-order valence-corrected chi connectivity index (χ2v) is 9.32. The van der Waals surface area contributed by atoms with Crippen molar-refractivity contribution in [2.75, 3.05) is 0 Å². The summed E-state index contributed by atoms with van der Waals surface area (Å²) in [4.78, 5) is 22.5. The minimum absolute atomic E-state index is 2.91. The molecule has 0 spiro atoms. The van der Waals surface area contributed by atoms with Crippen molar-refractivity contribution in [2.45, 2.75) is 36.0 Å². The fourth-order valence-electron chi connectivity index (χ4n) is 1.64. The Labute approximate surface area is 201 Å². The Hall–Kier alpha value is -2.44. The molecule has 220 valence electrons. The van der Waals surface area contributed by atoms with Crippen LogP contribution in [0.3, 0.4) is 0 Å². The van der Waals surface area contributed by atoms with E-state index < -0.39 is 101 Å². The van der Waals surface area contributed by atoms with Crippen LogP contribution in [-0.4, -0.2) is 48.0 Å². The van der Waals surface area contributed by atoms with Crippen LogP contribution in [0.5, 0.6) is 0 Å². The molecule has 0 aliphatic rings.